The van der Waals surface area contributed by atoms with E-state index in [-0.39, 0.29) is 5.91 Å². The summed E-state index contributed by atoms with van der Waals surface area (Å²) in [6.45, 7) is 6.13. The summed E-state index contributed by atoms with van der Waals surface area (Å²) in [6.07, 6.45) is 2.42. The number of aryl methyl sites for hydroxylation is 1. The molecule has 6 heteroatoms. The highest BCUT2D eigenvalue weighted by Gasteiger charge is 2.35. The van der Waals surface area contributed by atoms with E-state index in [1.165, 1.54) is 31.5 Å². The topological polar surface area (TPSA) is 50.2 Å². The average molecular weight is 381 g/mol. The summed E-state index contributed by atoms with van der Waals surface area (Å²) < 4.78 is 2.02. The average Bonchev–Trinajstić information content (AvgIpc) is 3.25. The first kappa shape index (κ1) is 17.0. The Labute approximate surface area is 163 Å². The molecule has 3 aliphatic rings. The number of benzene rings is 1. The second-order valence-electron chi connectivity index (χ2n) is 7.78. The molecule has 1 N–H and O–H groups in total. The maximum absolute atomic E-state index is 12.9. The number of piperidine rings is 3. The quantitative estimate of drug-likeness (QED) is 0.756. The first-order valence-electron chi connectivity index (χ1n) is 9.71. The summed E-state index contributed by atoms with van der Waals surface area (Å²) in [5.74, 6) is 0.712. The molecule has 5 nitrogen and oxygen atoms in total. The number of thiophene rings is 1. The van der Waals surface area contributed by atoms with Crippen LogP contribution in [0.25, 0.3) is 10.2 Å². The number of aromatic nitrogens is 2. The van der Waals surface area contributed by atoms with Gasteiger partial charge in [-0.3, -0.25) is 9.48 Å². The van der Waals surface area contributed by atoms with Gasteiger partial charge in [0.1, 0.15) is 4.83 Å². The van der Waals surface area contributed by atoms with Crippen molar-refractivity contribution < 1.29 is 4.79 Å². The lowest BCUT2D eigenvalue weighted by Crippen LogP contribution is -2.57. The van der Waals surface area contributed by atoms with Gasteiger partial charge in [0.15, 0.2) is 0 Å². The second kappa shape index (κ2) is 6.77. The van der Waals surface area contributed by atoms with Crippen molar-refractivity contribution in [2.75, 3.05) is 19.6 Å². The van der Waals surface area contributed by atoms with Crippen molar-refractivity contribution >= 4 is 27.5 Å². The Kier molecular flexibility index (Phi) is 4.25. The maximum atomic E-state index is 12.9. The molecule has 3 aromatic rings. The molecule has 2 bridgehead atoms. The van der Waals surface area contributed by atoms with Crippen LogP contribution in [0, 0.1) is 12.8 Å². The fourth-order valence-corrected chi connectivity index (χ4v) is 5.52. The van der Waals surface area contributed by atoms with Crippen LogP contribution in [0.4, 0.5) is 0 Å². The Morgan fingerprint density at radius 3 is 2.74 bits per heavy atom. The van der Waals surface area contributed by atoms with Crippen LogP contribution in [0.15, 0.2) is 36.4 Å². The third-order valence-electron chi connectivity index (χ3n) is 5.98. The predicted molar refractivity (Wildman–Crippen MR) is 108 cm³/mol. The Morgan fingerprint density at radius 2 is 2.04 bits per heavy atom. The highest BCUT2D eigenvalue weighted by molar-refractivity contribution is 7.20. The van der Waals surface area contributed by atoms with Gasteiger partial charge in [-0.05, 0) is 50.4 Å². The van der Waals surface area contributed by atoms with Gasteiger partial charge in [0.2, 0.25) is 0 Å². The fourth-order valence-electron chi connectivity index (χ4n) is 4.46. The first-order chi connectivity index (χ1) is 13.2. The summed E-state index contributed by atoms with van der Waals surface area (Å²) in [5, 5.41) is 9.08. The molecule has 27 heavy (non-hydrogen) atoms. The number of nitrogens with one attached hydrogen (secondary N) is 1. The number of hydrogen-bond acceptors (Lipinski definition) is 4. The fraction of sp³-hybridized carbons (Fsp3) is 0.429. The highest BCUT2D eigenvalue weighted by atomic mass is 32.1. The zero-order valence-electron chi connectivity index (χ0n) is 15.5. The van der Waals surface area contributed by atoms with Gasteiger partial charge in [-0.25, -0.2) is 0 Å². The molecule has 3 fully saturated rings. The minimum Gasteiger partial charge on any atom is -0.347 e. The van der Waals surface area contributed by atoms with Gasteiger partial charge in [0.25, 0.3) is 5.91 Å². The van der Waals surface area contributed by atoms with E-state index in [1.54, 1.807) is 11.3 Å². The third kappa shape index (κ3) is 3.17. The lowest BCUT2D eigenvalue weighted by molar-refractivity contribution is 0.0622. The van der Waals surface area contributed by atoms with Crippen LogP contribution in [-0.4, -0.2) is 46.3 Å². The van der Waals surface area contributed by atoms with Gasteiger partial charge < -0.3 is 10.2 Å². The second-order valence-corrected chi connectivity index (χ2v) is 8.81. The van der Waals surface area contributed by atoms with E-state index in [2.05, 4.69) is 27.4 Å². The SMILES string of the molecule is Cc1nn(Cc2ccccc2)c2sc(C(=O)NC3CN4CCC3CC4)cc12. The van der Waals surface area contributed by atoms with Crippen molar-refractivity contribution in [1.82, 2.24) is 20.0 Å². The molecule has 140 valence electrons. The Hall–Kier alpha value is -2.18. The van der Waals surface area contributed by atoms with E-state index in [0.29, 0.717) is 12.0 Å². The summed E-state index contributed by atoms with van der Waals surface area (Å²) in [4.78, 5) is 17.2. The van der Waals surface area contributed by atoms with E-state index >= 15 is 0 Å². The standard InChI is InChI=1S/C21H24N4OS/c1-14-17-11-19(20(26)22-18-13-24-9-7-16(18)8-10-24)27-21(17)25(23-14)12-15-5-3-2-4-6-15/h2-6,11,16,18H,7-10,12-13H2,1H3,(H,22,26). The lowest BCUT2D eigenvalue weighted by Gasteiger charge is -2.44. The number of fused-ring (bicyclic) bond motifs is 4. The smallest absolute Gasteiger partial charge is 0.261 e. The van der Waals surface area contributed by atoms with E-state index in [0.717, 1.165) is 33.9 Å². The van der Waals surface area contributed by atoms with Crippen molar-refractivity contribution in [3.8, 4) is 0 Å². The predicted octanol–water partition coefficient (Wildman–Crippen LogP) is 3.28. The van der Waals surface area contributed by atoms with Crippen LogP contribution in [0.2, 0.25) is 0 Å². The molecule has 3 saturated heterocycles. The van der Waals surface area contributed by atoms with E-state index in [9.17, 15) is 4.79 Å². The van der Waals surface area contributed by atoms with Gasteiger partial charge in [-0.1, -0.05) is 30.3 Å². The molecule has 1 aromatic carbocycles. The lowest BCUT2D eigenvalue weighted by atomic mass is 9.84. The molecule has 0 radical (unpaired) electrons. The van der Waals surface area contributed by atoms with Crippen LogP contribution in [-0.2, 0) is 6.54 Å². The van der Waals surface area contributed by atoms with Gasteiger partial charge in [-0.2, -0.15) is 5.10 Å². The minimum absolute atomic E-state index is 0.0700. The van der Waals surface area contributed by atoms with Crippen molar-refractivity contribution in [2.45, 2.75) is 32.4 Å². The highest BCUT2D eigenvalue weighted by Crippen LogP contribution is 2.31. The number of carbonyl (C=O) groups is 1. The molecule has 0 saturated carbocycles. The number of rotatable bonds is 4. The van der Waals surface area contributed by atoms with Crippen LogP contribution in [0.3, 0.4) is 0 Å². The van der Waals surface area contributed by atoms with Crippen LogP contribution in [0.1, 0.15) is 33.8 Å². The Balaban J connectivity index is 1.38. The Morgan fingerprint density at radius 1 is 1.26 bits per heavy atom. The molecular formula is C21H24N4OS. The van der Waals surface area contributed by atoms with Crippen LogP contribution >= 0.6 is 11.3 Å². The Bertz CT molecular complexity index is 969. The summed E-state index contributed by atoms with van der Waals surface area (Å²) in [6, 6.07) is 12.6. The molecule has 2 aromatic heterocycles. The van der Waals surface area contributed by atoms with Crippen molar-refractivity contribution in [3.05, 3.63) is 52.5 Å². The molecule has 0 spiro atoms. The summed E-state index contributed by atoms with van der Waals surface area (Å²) in [5.41, 5.74) is 2.20. The zero-order chi connectivity index (χ0) is 18.4. The van der Waals surface area contributed by atoms with Gasteiger partial charge in [-0.15, -0.1) is 11.3 Å². The molecular weight excluding hydrogens is 356 g/mol. The van der Waals surface area contributed by atoms with E-state index in [4.69, 9.17) is 0 Å². The van der Waals surface area contributed by atoms with Crippen molar-refractivity contribution in [3.63, 3.8) is 0 Å². The molecule has 1 unspecified atom stereocenters. The third-order valence-corrected chi connectivity index (χ3v) is 7.13. The molecule has 0 aliphatic carbocycles. The number of carbonyl (C=O) groups excluding carboxylic acids is 1. The molecule has 1 atom stereocenters. The largest absolute Gasteiger partial charge is 0.347 e. The van der Waals surface area contributed by atoms with E-state index in [1.807, 2.05) is 35.9 Å². The molecule has 6 rings (SSSR count). The normalized spacial score (nSPS) is 24.4. The molecule has 1 amide bonds. The molecule has 5 heterocycles. The van der Waals surface area contributed by atoms with E-state index < -0.39 is 0 Å². The maximum Gasteiger partial charge on any atom is 0.261 e. The van der Waals surface area contributed by atoms with Crippen molar-refractivity contribution in [1.29, 1.82) is 0 Å². The molecule has 3 aliphatic heterocycles. The summed E-state index contributed by atoms with van der Waals surface area (Å²) >= 11 is 1.56. The van der Waals surface area contributed by atoms with Crippen molar-refractivity contribution in [2.24, 2.45) is 5.92 Å². The zero-order valence-corrected chi connectivity index (χ0v) is 16.3. The number of nitrogens with zero attached hydrogens (tertiary/aromatic N) is 3. The monoisotopic (exact) mass is 380 g/mol. The van der Waals surface area contributed by atoms with Gasteiger partial charge >= 0.3 is 0 Å². The number of amides is 1. The number of hydrogen-bond donors (Lipinski definition) is 1. The van der Waals surface area contributed by atoms with Crippen LogP contribution < -0.4 is 5.32 Å². The van der Waals surface area contributed by atoms with Gasteiger partial charge in [0.05, 0.1) is 17.1 Å². The first-order valence-corrected chi connectivity index (χ1v) is 10.5. The van der Waals surface area contributed by atoms with Crippen LogP contribution in [0.5, 0.6) is 0 Å². The summed E-state index contributed by atoms with van der Waals surface area (Å²) in [7, 11) is 0. The minimum atomic E-state index is 0.0700. The van der Waals surface area contributed by atoms with Gasteiger partial charge in [0, 0.05) is 18.0 Å².